The molecule has 0 bridgehead atoms. The van der Waals surface area contributed by atoms with Crippen molar-refractivity contribution in [3.05, 3.63) is 58.5 Å². The van der Waals surface area contributed by atoms with E-state index in [2.05, 4.69) is 5.32 Å². The van der Waals surface area contributed by atoms with Crippen molar-refractivity contribution in [2.24, 2.45) is 0 Å². The van der Waals surface area contributed by atoms with Crippen molar-refractivity contribution < 1.29 is 13.2 Å². The highest BCUT2D eigenvalue weighted by Crippen LogP contribution is 2.29. The molecule has 0 aliphatic rings. The average molecular weight is 265 g/mol. The van der Waals surface area contributed by atoms with Gasteiger partial charge < -0.3 is 9.73 Å². The lowest BCUT2D eigenvalue weighted by Gasteiger charge is -2.19. The number of hydrogen-bond acceptors (Lipinski definition) is 2. The fourth-order valence-corrected chi connectivity index (χ4v) is 2.15. The molecule has 0 radical (unpaired) electrons. The quantitative estimate of drug-likeness (QED) is 0.907. The van der Waals surface area contributed by atoms with Crippen LogP contribution < -0.4 is 5.32 Å². The molecule has 1 atom stereocenters. The first-order valence-electron chi connectivity index (χ1n) is 6.27. The van der Waals surface area contributed by atoms with Crippen LogP contribution in [0.4, 0.5) is 8.78 Å². The third kappa shape index (κ3) is 2.68. The molecule has 0 aliphatic heterocycles. The van der Waals surface area contributed by atoms with Crippen molar-refractivity contribution in [3.8, 4) is 0 Å². The van der Waals surface area contributed by atoms with Gasteiger partial charge in [0.15, 0.2) is 0 Å². The smallest absolute Gasteiger partial charge is 0.134 e. The van der Waals surface area contributed by atoms with Gasteiger partial charge in [-0.05, 0) is 38.1 Å². The molecule has 0 spiro atoms. The van der Waals surface area contributed by atoms with Crippen molar-refractivity contribution in [2.75, 3.05) is 6.54 Å². The zero-order chi connectivity index (χ0) is 14.0. The molecule has 1 aromatic heterocycles. The van der Waals surface area contributed by atoms with Crippen molar-refractivity contribution in [1.29, 1.82) is 0 Å². The van der Waals surface area contributed by atoms with Gasteiger partial charge in [-0.15, -0.1) is 0 Å². The normalized spacial score (nSPS) is 12.7. The molecule has 4 heteroatoms. The van der Waals surface area contributed by atoms with E-state index in [9.17, 15) is 8.78 Å². The molecule has 0 aliphatic carbocycles. The molecule has 102 valence electrons. The predicted molar refractivity (Wildman–Crippen MR) is 70.1 cm³/mol. The van der Waals surface area contributed by atoms with Gasteiger partial charge in [0.1, 0.15) is 17.4 Å². The van der Waals surface area contributed by atoms with Gasteiger partial charge in [0, 0.05) is 11.1 Å². The molecule has 1 N–H and O–H groups in total. The lowest BCUT2D eigenvalue weighted by molar-refractivity contribution is 0.497. The van der Waals surface area contributed by atoms with Crippen molar-refractivity contribution in [1.82, 2.24) is 5.32 Å². The van der Waals surface area contributed by atoms with Gasteiger partial charge in [0.05, 0.1) is 12.3 Å². The van der Waals surface area contributed by atoms with E-state index in [0.29, 0.717) is 17.9 Å². The second-order valence-electron chi connectivity index (χ2n) is 4.57. The summed E-state index contributed by atoms with van der Waals surface area (Å²) in [6.07, 6.45) is 1.53. The summed E-state index contributed by atoms with van der Waals surface area (Å²) in [7, 11) is 0. The van der Waals surface area contributed by atoms with Gasteiger partial charge in [-0.25, -0.2) is 8.78 Å². The molecule has 2 nitrogen and oxygen atoms in total. The maximum atomic E-state index is 14.2. The van der Waals surface area contributed by atoms with Crippen LogP contribution in [0.5, 0.6) is 0 Å². The lowest BCUT2D eigenvalue weighted by Crippen LogP contribution is -2.24. The van der Waals surface area contributed by atoms with Crippen LogP contribution >= 0.6 is 0 Å². The first kappa shape index (κ1) is 13.7. The summed E-state index contributed by atoms with van der Waals surface area (Å²) in [5.74, 6) is -0.343. The molecule has 2 rings (SSSR count). The Morgan fingerprint density at radius 3 is 2.58 bits per heavy atom. The summed E-state index contributed by atoms with van der Waals surface area (Å²) in [6.45, 7) is 5.92. The monoisotopic (exact) mass is 265 g/mol. The number of aryl methyl sites for hydroxylation is 2. The van der Waals surface area contributed by atoms with Crippen LogP contribution in [0.15, 0.2) is 28.9 Å². The summed E-state index contributed by atoms with van der Waals surface area (Å²) in [5, 5.41) is 3.10. The third-order valence-corrected chi connectivity index (χ3v) is 3.10. The fraction of sp³-hybridized carbons (Fsp3) is 0.333. The van der Waals surface area contributed by atoms with E-state index < -0.39 is 17.7 Å². The van der Waals surface area contributed by atoms with Crippen LogP contribution in [0.2, 0.25) is 0 Å². The lowest BCUT2D eigenvalue weighted by atomic mass is 9.97. The first-order valence-corrected chi connectivity index (χ1v) is 6.27. The number of rotatable bonds is 4. The zero-order valence-electron chi connectivity index (χ0n) is 11.3. The van der Waals surface area contributed by atoms with E-state index in [-0.39, 0.29) is 5.56 Å². The summed E-state index contributed by atoms with van der Waals surface area (Å²) in [4.78, 5) is 0. The summed E-state index contributed by atoms with van der Waals surface area (Å²) in [6, 6.07) is 3.99. The minimum absolute atomic E-state index is 0.0441. The van der Waals surface area contributed by atoms with E-state index in [1.165, 1.54) is 18.4 Å². The van der Waals surface area contributed by atoms with Crippen LogP contribution in [0.25, 0.3) is 0 Å². The molecule has 0 fully saturated rings. The van der Waals surface area contributed by atoms with Crippen LogP contribution in [-0.2, 0) is 0 Å². The zero-order valence-corrected chi connectivity index (χ0v) is 11.3. The number of hydrogen-bond donors (Lipinski definition) is 1. The highest BCUT2D eigenvalue weighted by molar-refractivity contribution is 5.36. The van der Waals surface area contributed by atoms with Crippen LogP contribution in [0.3, 0.4) is 0 Å². The Balaban J connectivity index is 2.53. The molecule has 0 amide bonds. The number of nitrogens with one attached hydrogen (secondary N) is 1. The third-order valence-electron chi connectivity index (χ3n) is 3.10. The number of halogens is 2. The van der Waals surface area contributed by atoms with Gasteiger partial charge >= 0.3 is 0 Å². The van der Waals surface area contributed by atoms with Gasteiger partial charge in [-0.2, -0.15) is 0 Å². The molecule has 19 heavy (non-hydrogen) atoms. The van der Waals surface area contributed by atoms with Crippen molar-refractivity contribution in [3.63, 3.8) is 0 Å². The molecular weight excluding hydrogens is 248 g/mol. The van der Waals surface area contributed by atoms with Gasteiger partial charge in [-0.3, -0.25) is 0 Å². The molecule has 0 saturated heterocycles. The van der Waals surface area contributed by atoms with Gasteiger partial charge in [0.2, 0.25) is 0 Å². The Labute approximate surface area is 111 Å². The van der Waals surface area contributed by atoms with E-state index in [1.807, 2.05) is 6.92 Å². The SMILES string of the molecule is CCNC(c1coc(C)c1)c1c(F)ccc(C)c1F. The molecule has 0 saturated carbocycles. The topological polar surface area (TPSA) is 25.2 Å². The standard InChI is InChI=1S/C15H17F2NO/c1-4-18-15(11-7-10(3)19-8-11)13-12(16)6-5-9(2)14(13)17/h5-8,15,18H,4H2,1-3H3. The Bertz CT molecular complexity index is 578. The largest absolute Gasteiger partial charge is 0.469 e. The minimum Gasteiger partial charge on any atom is -0.469 e. The Morgan fingerprint density at radius 2 is 2.00 bits per heavy atom. The predicted octanol–water partition coefficient (Wildman–Crippen LogP) is 3.87. The summed E-state index contributed by atoms with van der Waals surface area (Å²) in [5.41, 5.74) is 1.20. The Hall–Kier alpha value is -1.68. The van der Waals surface area contributed by atoms with Crippen LogP contribution in [-0.4, -0.2) is 6.54 Å². The van der Waals surface area contributed by atoms with Gasteiger partial charge in [0.25, 0.3) is 0 Å². The average Bonchev–Trinajstić information content (AvgIpc) is 2.80. The molecule has 1 unspecified atom stereocenters. The summed E-state index contributed by atoms with van der Waals surface area (Å²) >= 11 is 0. The maximum absolute atomic E-state index is 14.2. The van der Waals surface area contributed by atoms with E-state index >= 15 is 0 Å². The van der Waals surface area contributed by atoms with Crippen LogP contribution in [0.1, 0.15) is 35.4 Å². The second-order valence-corrected chi connectivity index (χ2v) is 4.57. The minimum atomic E-state index is -0.548. The fourth-order valence-electron chi connectivity index (χ4n) is 2.15. The van der Waals surface area contributed by atoms with Crippen LogP contribution in [0, 0.1) is 25.5 Å². The number of furan rings is 1. The molecular formula is C15H17F2NO. The highest BCUT2D eigenvalue weighted by Gasteiger charge is 2.23. The molecule has 1 aromatic carbocycles. The Morgan fingerprint density at radius 1 is 1.26 bits per heavy atom. The van der Waals surface area contributed by atoms with Gasteiger partial charge in [-0.1, -0.05) is 13.0 Å². The highest BCUT2D eigenvalue weighted by atomic mass is 19.1. The summed E-state index contributed by atoms with van der Waals surface area (Å²) < 4.78 is 33.4. The van der Waals surface area contributed by atoms with E-state index in [1.54, 1.807) is 19.9 Å². The van der Waals surface area contributed by atoms with Crippen molar-refractivity contribution in [2.45, 2.75) is 26.8 Å². The first-order chi connectivity index (χ1) is 9.04. The van der Waals surface area contributed by atoms with E-state index in [4.69, 9.17) is 4.42 Å². The Kier molecular flexibility index (Phi) is 4.00. The van der Waals surface area contributed by atoms with E-state index in [0.717, 1.165) is 5.56 Å². The maximum Gasteiger partial charge on any atom is 0.134 e. The molecule has 2 aromatic rings. The number of benzene rings is 1. The molecule has 1 heterocycles. The second kappa shape index (κ2) is 5.53. The van der Waals surface area contributed by atoms with Crippen molar-refractivity contribution >= 4 is 0 Å².